The van der Waals surface area contributed by atoms with Gasteiger partial charge in [0, 0.05) is 12.5 Å². The van der Waals surface area contributed by atoms with E-state index in [0.717, 1.165) is 0 Å². The number of halogens is 1. The standard InChI is InChI=1S/C10H21ClOSi/c1-6-13(9(2)3,10(4)5)12-8-7-11/h6,9-10H,1,7-8H2,2-5H3. The summed E-state index contributed by atoms with van der Waals surface area (Å²) in [6.45, 7) is 13.4. The maximum Gasteiger partial charge on any atom is 0.221 e. The third-order valence-corrected chi connectivity index (χ3v) is 7.66. The van der Waals surface area contributed by atoms with Crippen molar-refractivity contribution in [1.82, 2.24) is 0 Å². The molecule has 0 heterocycles. The predicted molar refractivity (Wildman–Crippen MR) is 62.8 cm³/mol. The van der Waals surface area contributed by atoms with Crippen molar-refractivity contribution in [3.05, 3.63) is 12.3 Å². The molecule has 0 aliphatic heterocycles. The van der Waals surface area contributed by atoms with Crippen LogP contribution in [0.25, 0.3) is 0 Å². The predicted octanol–water partition coefficient (Wildman–Crippen LogP) is 3.73. The molecule has 0 aromatic rings. The van der Waals surface area contributed by atoms with E-state index in [-0.39, 0.29) is 0 Å². The lowest BCUT2D eigenvalue weighted by Crippen LogP contribution is -2.43. The van der Waals surface area contributed by atoms with Gasteiger partial charge in [-0.15, -0.1) is 18.2 Å². The van der Waals surface area contributed by atoms with Crippen LogP contribution in [0.15, 0.2) is 12.3 Å². The highest BCUT2D eigenvalue weighted by Gasteiger charge is 2.38. The monoisotopic (exact) mass is 220 g/mol. The van der Waals surface area contributed by atoms with E-state index in [2.05, 4.69) is 40.0 Å². The number of hydrogen-bond donors (Lipinski definition) is 0. The second-order valence-corrected chi connectivity index (χ2v) is 9.00. The molecule has 0 spiro atoms. The molecule has 0 bridgehead atoms. The highest BCUT2D eigenvalue weighted by molar-refractivity contribution is 6.81. The first-order chi connectivity index (χ1) is 6.01. The van der Waals surface area contributed by atoms with Gasteiger partial charge in [0.2, 0.25) is 8.32 Å². The van der Waals surface area contributed by atoms with E-state index in [1.807, 2.05) is 0 Å². The molecule has 13 heavy (non-hydrogen) atoms. The van der Waals surface area contributed by atoms with Gasteiger partial charge in [-0.2, -0.15) is 0 Å². The van der Waals surface area contributed by atoms with E-state index >= 15 is 0 Å². The molecule has 0 radical (unpaired) electrons. The van der Waals surface area contributed by atoms with Crippen molar-refractivity contribution in [1.29, 1.82) is 0 Å². The zero-order chi connectivity index (χ0) is 10.5. The van der Waals surface area contributed by atoms with Gasteiger partial charge in [0.1, 0.15) is 0 Å². The quantitative estimate of drug-likeness (QED) is 0.490. The Bertz CT molecular complexity index is 149. The van der Waals surface area contributed by atoms with E-state index < -0.39 is 8.32 Å². The van der Waals surface area contributed by atoms with Gasteiger partial charge in [-0.25, -0.2) is 0 Å². The average molecular weight is 221 g/mol. The topological polar surface area (TPSA) is 9.23 Å². The molecule has 1 nitrogen and oxygen atoms in total. The first kappa shape index (κ1) is 13.2. The van der Waals surface area contributed by atoms with E-state index in [1.54, 1.807) is 0 Å². The molecule has 0 N–H and O–H groups in total. The molecule has 0 fully saturated rings. The van der Waals surface area contributed by atoms with Crippen molar-refractivity contribution >= 4 is 19.9 Å². The van der Waals surface area contributed by atoms with Gasteiger partial charge in [0.15, 0.2) is 0 Å². The molecule has 3 heteroatoms. The Kier molecular flexibility index (Phi) is 5.93. The lowest BCUT2D eigenvalue weighted by molar-refractivity contribution is 0.317. The minimum absolute atomic E-state index is 0.563. The summed E-state index contributed by atoms with van der Waals surface area (Å²) in [6.07, 6.45) is 0. The molecule has 0 atom stereocenters. The summed E-state index contributed by atoms with van der Waals surface area (Å²) < 4.78 is 5.94. The molecule has 0 aliphatic rings. The number of rotatable bonds is 6. The fourth-order valence-corrected chi connectivity index (χ4v) is 5.47. The SMILES string of the molecule is C=C[Si](OCCCl)(C(C)C)C(C)C. The lowest BCUT2D eigenvalue weighted by Gasteiger charge is -2.35. The zero-order valence-electron chi connectivity index (χ0n) is 9.14. The van der Waals surface area contributed by atoms with Gasteiger partial charge in [-0.3, -0.25) is 0 Å². The molecule has 0 aromatic carbocycles. The van der Waals surface area contributed by atoms with E-state index in [9.17, 15) is 0 Å². The lowest BCUT2D eigenvalue weighted by atomic mass is 10.5. The molecular weight excluding hydrogens is 200 g/mol. The van der Waals surface area contributed by atoms with Crippen LogP contribution in [0.2, 0.25) is 11.1 Å². The Morgan fingerprint density at radius 2 is 1.77 bits per heavy atom. The minimum atomic E-state index is -1.77. The van der Waals surface area contributed by atoms with Crippen molar-refractivity contribution in [3.8, 4) is 0 Å². The van der Waals surface area contributed by atoms with Crippen LogP contribution in [0.1, 0.15) is 27.7 Å². The second kappa shape index (κ2) is 5.84. The summed E-state index contributed by atoms with van der Waals surface area (Å²) >= 11 is 5.64. The minimum Gasteiger partial charge on any atom is -0.411 e. The van der Waals surface area contributed by atoms with Crippen LogP contribution in [0, 0.1) is 0 Å². The highest BCUT2D eigenvalue weighted by atomic mass is 35.5. The van der Waals surface area contributed by atoms with E-state index in [4.69, 9.17) is 16.0 Å². The van der Waals surface area contributed by atoms with Crippen LogP contribution in [0.5, 0.6) is 0 Å². The van der Waals surface area contributed by atoms with Crippen LogP contribution in [0.3, 0.4) is 0 Å². The van der Waals surface area contributed by atoms with Crippen molar-refractivity contribution in [3.63, 3.8) is 0 Å². The largest absolute Gasteiger partial charge is 0.411 e. The fraction of sp³-hybridized carbons (Fsp3) is 0.800. The Morgan fingerprint density at radius 1 is 1.31 bits per heavy atom. The zero-order valence-corrected chi connectivity index (χ0v) is 10.9. The van der Waals surface area contributed by atoms with Gasteiger partial charge < -0.3 is 4.43 Å². The summed E-state index contributed by atoms with van der Waals surface area (Å²) in [5, 5.41) is 0. The second-order valence-electron chi connectivity index (χ2n) is 3.90. The molecule has 0 amide bonds. The van der Waals surface area contributed by atoms with E-state index in [1.165, 1.54) is 0 Å². The first-order valence-corrected chi connectivity index (χ1v) is 7.52. The third-order valence-electron chi connectivity index (χ3n) is 2.55. The smallest absolute Gasteiger partial charge is 0.221 e. The van der Waals surface area contributed by atoms with Crippen LogP contribution < -0.4 is 0 Å². The summed E-state index contributed by atoms with van der Waals surface area (Å²) in [4.78, 5) is 0. The van der Waals surface area contributed by atoms with Gasteiger partial charge in [0.05, 0.1) is 0 Å². The Balaban J connectivity index is 4.55. The normalized spacial score (nSPS) is 12.5. The molecular formula is C10H21ClOSi. The van der Waals surface area contributed by atoms with Gasteiger partial charge in [-0.05, 0) is 11.1 Å². The Hall–Kier alpha value is 0.207. The summed E-state index contributed by atoms with van der Waals surface area (Å²) in [6, 6.07) is 0. The highest BCUT2D eigenvalue weighted by Crippen LogP contribution is 2.33. The summed E-state index contributed by atoms with van der Waals surface area (Å²) in [5.74, 6) is 0.571. The van der Waals surface area contributed by atoms with Crippen LogP contribution in [0.4, 0.5) is 0 Å². The van der Waals surface area contributed by atoms with Crippen molar-refractivity contribution in [2.24, 2.45) is 0 Å². The summed E-state index contributed by atoms with van der Waals surface area (Å²) in [5.41, 5.74) is 3.18. The summed E-state index contributed by atoms with van der Waals surface area (Å²) in [7, 11) is -1.77. The van der Waals surface area contributed by atoms with Crippen molar-refractivity contribution in [2.75, 3.05) is 12.5 Å². The molecule has 0 unspecified atom stereocenters. The van der Waals surface area contributed by atoms with E-state index in [0.29, 0.717) is 23.6 Å². The molecule has 0 saturated heterocycles. The molecule has 0 aliphatic carbocycles. The van der Waals surface area contributed by atoms with Gasteiger partial charge >= 0.3 is 0 Å². The van der Waals surface area contributed by atoms with Crippen LogP contribution in [-0.2, 0) is 4.43 Å². The number of hydrogen-bond acceptors (Lipinski definition) is 1. The molecule has 78 valence electrons. The number of alkyl halides is 1. The van der Waals surface area contributed by atoms with Crippen LogP contribution in [-0.4, -0.2) is 20.8 Å². The molecule has 0 saturated carbocycles. The Labute approximate surface area is 88.3 Å². The van der Waals surface area contributed by atoms with Crippen LogP contribution >= 0.6 is 11.6 Å². The maximum absolute atomic E-state index is 5.94. The molecule has 0 aromatic heterocycles. The maximum atomic E-state index is 5.94. The fourth-order valence-electron chi connectivity index (χ4n) is 1.75. The van der Waals surface area contributed by atoms with Crippen molar-refractivity contribution in [2.45, 2.75) is 38.8 Å². The average Bonchev–Trinajstić information content (AvgIpc) is 2.05. The first-order valence-electron chi connectivity index (χ1n) is 4.84. The molecule has 0 rings (SSSR count). The Morgan fingerprint density at radius 3 is 2.00 bits per heavy atom. The third kappa shape index (κ3) is 3.11. The van der Waals surface area contributed by atoms with Crippen molar-refractivity contribution < 1.29 is 4.43 Å². The van der Waals surface area contributed by atoms with Gasteiger partial charge in [-0.1, -0.05) is 33.4 Å². The van der Waals surface area contributed by atoms with Gasteiger partial charge in [0.25, 0.3) is 0 Å².